The van der Waals surface area contributed by atoms with Gasteiger partial charge in [-0.15, -0.1) is 6.58 Å². The summed E-state index contributed by atoms with van der Waals surface area (Å²) in [6.07, 6.45) is 4.96. The smallest absolute Gasteiger partial charge is 0.0771 e. The molecule has 20 heavy (non-hydrogen) atoms. The van der Waals surface area contributed by atoms with Crippen LogP contribution in [0.3, 0.4) is 0 Å². The maximum Gasteiger partial charge on any atom is 0.0771 e. The second-order valence-corrected chi connectivity index (χ2v) is 5.41. The Labute approximate surface area is 123 Å². The van der Waals surface area contributed by atoms with Crippen LogP contribution in [0, 0.1) is 0 Å². The van der Waals surface area contributed by atoms with E-state index in [9.17, 15) is 0 Å². The lowest BCUT2D eigenvalue weighted by Crippen LogP contribution is -2.23. The van der Waals surface area contributed by atoms with E-state index in [1.807, 2.05) is 24.4 Å². The Morgan fingerprint density at radius 3 is 3.20 bits per heavy atom. The van der Waals surface area contributed by atoms with E-state index in [1.54, 1.807) is 6.08 Å². The molecule has 1 aliphatic rings. The molecular weight excluding hydrogens is 272 g/mol. The van der Waals surface area contributed by atoms with E-state index in [0.717, 1.165) is 35.4 Å². The van der Waals surface area contributed by atoms with Crippen LogP contribution in [0.25, 0.3) is 10.9 Å². The van der Waals surface area contributed by atoms with E-state index in [0.29, 0.717) is 6.61 Å². The highest BCUT2D eigenvalue weighted by molar-refractivity contribution is 6.31. The van der Waals surface area contributed by atoms with Gasteiger partial charge in [-0.25, -0.2) is 0 Å². The summed E-state index contributed by atoms with van der Waals surface area (Å²) in [7, 11) is 0. The predicted molar refractivity (Wildman–Crippen MR) is 83.5 cm³/mol. The highest BCUT2D eigenvalue weighted by Crippen LogP contribution is 2.30. The molecule has 1 atom stereocenters. The number of nitrogens with zero attached hydrogens (tertiary/aromatic N) is 2. The maximum absolute atomic E-state index is 6.11. The number of anilines is 1. The average molecular weight is 289 g/mol. The molecule has 3 rings (SSSR count). The minimum Gasteiger partial charge on any atom is -0.372 e. The Morgan fingerprint density at radius 2 is 2.35 bits per heavy atom. The first-order valence-electron chi connectivity index (χ1n) is 6.79. The normalized spacial score (nSPS) is 18.6. The van der Waals surface area contributed by atoms with Gasteiger partial charge in [0.25, 0.3) is 0 Å². The molecule has 0 radical (unpaired) electrons. The van der Waals surface area contributed by atoms with Crippen LogP contribution in [-0.2, 0) is 4.74 Å². The standard InChI is InChI=1S/C16H17ClN2O/c1-2-9-20-13-6-8-19(11-13)16-5-7-18-15-4-3-12(17)10-14(15)16/h2-5,7,10,13H,1,6,8-9,11H2. The number of benzene rings is 1. The topological polar surface area (TPSA) is 25.4 Å². The summed E-state index contributed by atoms with van der Waals surface area (Å²) >= 11 is 6.11. The van der Waals surface area contributed by atoms with E-state index in [1.165, 1.54) is 5.69 Å². The van der Waals surface area contributed by atoms with Crippen molar-refractivity contribution in [3.05, 3.63) is 48.1 Å². The molecule has 1 fully saturated rings. The Kier molecular flexibility index (Phi) is 3.90. The predicted octanol–water partition coefficient (Wildman–Crippen LogP) is 3.67. The van der Waals surface area contributed by atoms with Crippen LogP contribution in [0.15, 0.2) is 43.1 Å². The van der Waals surface area contributed by atoms with Crippen molar-refractivity contribution >= 4 is 28.2 Å². The average Bonchev–Trinajstić information content (AvgIpc) is 2.93. The van der Waals surface area contributed by atoms with Gasteiger partial charge in [-0.05, 0) is 30.7 Å². The van der Waals surface area contributed by atoms with E-state index in [-0.39, 0.29) is 6.10 Å². The number of pyridine rings is 1. The van der Waals surface area contributed by atoms with Crippen LogP contribution in [-0.4, -0.2) is 30.8 Å². The molecule has 104 valence electrons. The van der Waals surface area contributed by atoms with Crippen LogP contribution in [0.1, 0.15) is 6.42 Å². The Bertz CT molecular complexity index is 629. The lowest BCUT2D eigenvalue weighted by molar-refractivity contribution is 0.0909. The van der Waals surface area contributed by atoms with Crippen molar-refractivity contribution in [2.24, 2.45) is 0 Å². The molecule has 4 heteroatoms. The fourth-order valence-corrected chi connectivity index (χ4v) is 2.84. The summed E-state index contributed by atoms with van der Waals surface area (Å²) in [5.41, 5.74) is 2.16. The molecule has 1 unspecified atom stereocenters. The van der Waals surface area contributed by atoms with Crippen LogP contribution < -0.4 is 4.90 Å². The van der Waals surface area contributed by atoms with Gasteiger partial charge < -0.3 is 9.64 Å². The molecule has 0 bridgehead atoms. The third-order valence-corrected chi connectivity index (χ3v) is 3.85. The lowest BCUT2D eigenvalue weighted by Gasteiger charge is -2.20. The molecule has 1 aromatic heterocycles. The number of hydrogen-bond acceptors (Lipinski definition) is 3. The van der Waals surface area contributed by atoms with E-state index in [2.05, 4.69) is 22.5 Å². The molecule has 1 saturated heterocycles. The second-order valence-electron chi connectivity index (χ2n) is 4.97. The van der Waals surface area contributed by atoms with Crippen LogP contribution in [0.5, 0.6) is 0 Å². The minimum atomic E-state index is 0.274. The van der Waals surface area contributed by atoms with Crippen molar-refractivity contribution in [1.29, 1.82) is 0 Å². The summed E-state index contributed by atoms with van der Waals surface area (Å²) in [6, 6.07) is 7.87. The molecule has 0 amide bonds. The SMILES string of the molecule is C=CCOC1CCN(c2ccnc3ccc(Cl)cc23)C1. The highest BCUT2D eigenvalue weighted by Gasteiger charge is 2.24. The minimum absolute atomic E-state index is 0.274. The fraction of sp³-hybridized carbons (Fsp3) is 0.312. The summed E-state index contributed by atoms with van der Waals surface area (Å²) in [5.74, 6) is 0. The summed E-state index contributed by atoms with van der Waals surface area (Å²) in [4.78, 5) is 6.73. The molecule has 2 heterocycles. The zero-order valence-electron chi connectivity index (χ0n) is 11.3. The van der Waals surface area contributed by atoms with Crippen molar-refractivity contribution in [1.82, 2.24) is 4.98 Å². The largest absolute Gasteiger partial charge is 0.372 e. The van der Waals surface area contributed by atoms with Gasteiger partial charge in [0, 0.05) is 35.4 Å². The zero-order valence-corrected chi connectivity index (χ0v) is 12.0. The zero-order chi connectivity index (χ0) is 13.9. The summed E-state index contributed by atoms with van der Waals surface area (Å²) < 4.78 is 5.74. The van der Waals surface area contributed by atoms with E-state index in [4.69, 9.17) is 16.3 Å². The van der Waals surface area contributed by atoms with Crippen molar-refractivity contribution in [3.63, 3.8) is 0 Å². The van der Waals surface area contributed by atoms with Gasteiger partial charge in [-0.2, -0.15) is 0 Å². The van der Waals surface area contributed by atoms with Crippen LogP contribution >= 0.6 is 11.6 Å². The quantitative estimate of drug-likeness (QED) is 0.803. The maximum atomic E-state index is 6.11. The Balaban J connectivity index is 1.87. The van der Waals surface area contributed by atoms with Gasteiger partial charge in [0.2, 0.25) is 0 Å². The van der Waals surface area contributed by atoms with Crippen LogP contribution in [0.2, 0.25) is 5.02 Å². The number of hydrogen-bond donors (Lipinski definition) is 0. The van der Waals surface area contributed by atoms with Gasteiger partial charge in [-0.1, -0.05) is 17.7 Å². The van der Waals surface area contributed by atoms with Crippen molar-refractivity contribution in [2.45, 2.75) is 12.5 Å². The third-order valence-electron chi connectivity index (χ3n) is 3.62. The van der Waals surface area contributed by atoms with E-state index >= 15 is 0 Å². The molecular formula is C16H17ClN2O. The monoisotopic (exact) mass is 288 g/mol. The number of rotatable bonds is 4. The first-order chi connectivity index (χ1) is 9.78. The molecule has 1 aromatic carbocycles. The molecule has 3 nitrogen and oxygen atoms in total. The Morgan fingerprint density at radius 1 is 1.45 bits per heavy atom. The van der Waals surface area contributed by atoms with Gasteiger partial charge in [0.05, 0.1) is 18.2 Å². The van der Waals surface area contributed by atoms with Crippen molar-refractivity contribution < 1.29 is 4.74 Å². The number of halogens is 1. The molecule has 0 saturated carbocycles. The van der Waals surface area contributed by atoms with Crippen molar-refractivity contribution in [2.75, 3.05) is 24.6 Å². The second kappa shape index (κ2) is 5.81. The third kappa shape index (κ3) is 2.65. The van der Waals surface area contributed by atoms with Crippen molar-refractivity contribution in [3.8, 4) is 0 Å². The number of ether oxygens (including phenoxy) is 1. The molecule has 0 aliphatic carbocycles. The van der Waals surface area contributed by atoms with Gasteiger partial charge in [0.1, 0.15) is 0 Å². The van der Waals surface area contributed by atoms with Gasteiger partial charge >= 0.3 is 0 Å². The highest BCUT2D eigenvalue weighted by atomic mass is 35.5. The number of aromatic nitrogens is 1. The number of fused-ring (bicyclic) bond motifs is 1. The first kappa shape index (κ1) is 13.4. The lowest BCUT2D eigenvalue weighted by atomic mass is 10.2. The summed E-state index contributed by atoms with van der Waals surface area (Å²) in [5, 5.41) is 1.84. The van der Waals surface area contributed by atoms with Gasteiger partial charge in [-0.3, -0.25) is 4.98 Å². The van der Waals surface area contributed by atoms with Gasteiger partial charge in [0.15, 0.2) is 0 Å². The fourth-order valence-electron chi connectivity index (χ4n) is 2.67. The molecule has 0 spiro atoms. The summed E-state index contributed by atoms with van der Waals surface area (Å²) in [6.45, 7) is 6.20. The Hall–Kier alpha value is -1.58. The molecule has 1 aliphatic heterocycles. The first-order valence-corrected chi connectivity index (χ1v) is 7.17. The molecule has 0 N–H and O–H groups in total. The van der Waals surface area contributed by atoms with Crippen LogP contribution in [0.4, 0.5) is 5.69 Å². The molecule has 2 aromatic rings. The van der Waals surface area contributed by atoms with E-state index < -0.39 is 0 Å².